The van der Waals surface area contributed by atoms with Gasteiger partial charge in [-0.25, -0.2) is 0 Å². The van der Waals surface area contributed by atoms with E-state index in [0.29, 0.717) is 22.3 Å². The molecule has 6 heteroatoms. The minimum Gasteiger partial charge on any atom is -0.313 e. The second-order valence-electron chi connectivity index (χ2n) is 4.67. The average molecular weight is 291 g/mol. The number of hydrogen-bond donors (Lipinski definition) is 0. The zero-order valence-corrected chi connectivity index (χ0v) is 11.3. The highest BCUT2D eigenvalue weighted by atomic mass is 16.6. The lowest BCUT2D eigenvalue weighted by atomic mass is 10.1. The Morgan fingerprint density at radius 2 is 1.86 bits per heavy atom. The van der Waals surface area contributed by atoms with Gasteiger partial charge in [0.05, 0.1) is 27.8 Å². The molecule has 2 heterocycles. The van der Waals surface area contributed by atoms with Crippen molar-refractivity contribution in [2.45, 2.75) is 0 Å². The molecule has 6 nitrogen and oxygen atoms in total. The van der Waals surface area contributed by atoms with E-state index in [9.17, 15) is 14.9 Å². The van der Waals surface area contributed by atoms with Crippen LogP contribution in [0.2, 0.25) is 0 Å². The molecule has 0 amide bonds. The third-order valence-corrected chi connectivity index (χ3v) is 3.36. The number of pyridine rings is 1. The van der Waals surface area contributed by atoms with Gasteiger partial charge in [-0.3, -0.25) is 14.9 Å². The fraction of sp³-hybridized carbons (Fsp3) is 0. The van der Waals surface area contributed by atoms with Gasteiger partial charge in [0.2, 0.25) is 5.78 Å². The molecule has 2 aromatic heterocycles. The molecule has 0 saturated heterocycles. The van der Waals surface area contributed by atoms with E-state index in [2.05, 4.69) is 0 Å². The Bertz CT molecular complexity index is 933. The quantitative estimate of drug-likeness (QED) is 0.421. The molecule has 0 radical (unpaired) electrons. The Morgan fingerprint density at radius 1 is 1.14 bits per heavy atom. The number of nitro groups is 1. The predicted octanol–water partition coefficient (Wildman–Crippen LogP) is 2.95. The number of nitrogens with zero attached hydrogens (tertiary/aromatic N) is 3. The molecule has 0 aliphatic carbocycles. The van der Waals surface area contributed by atoms with E-state index in [1.54, 1.807) is 40.8 Å². The maximum absolute atomic E-state index is 12.5. The first-order valence-electron chi connectivity index (χ1n) is 6.40. The molecule has 0 atom stereocenters. The van der Waals surface area contributed by atoms with Crippen molar-refractivity contribution >= 4 is 17.0 Å². The van der Waals surface area contributed by atoms with Crippen LogP contribution in [-0.2, 0) is 0 Å². The number of nitriles is 1. The Balaban J connectivity index is 2.04. The van der Waals surface area contributed by atoms with Crippen LogP contribution in [-0.4, -0.2) is 15.1 Å². The van der Waals surface area contributed by atoms with Crippen LogP contribution in [0.3, 0.4) is 0 Å². The maximum Gasteiger partial charge on any atom is 0.272 e. The van der Waals surface area contributed by atoms with Crippen molar-refractivity contribution in [3.05, 3.63) is 81.7 Å². The molecule has 106 valence electrons. The van der Waals surface area contributed by atoms with Crippen molar-refractivity contribution in [2.24, 2.45) is 0 Å². The van der Waals surface area contributed by atoms with Gasteiger partial charge >= 0.3 is 0 Å². The molecule has 0 bridgehead atoms. The average Bonchev–Trinajstić information content (AvgIpc) is 2.97. The van der Waals surface area contributed by atoms with E-state index in [-0.39, 0.29) is 11.5 Å². The van der Waals surface area contributed by atoms with E-state index in [1.807, 2.05) is 6.07 Å². The van der Waals surface area contributed by atoms with E-state index in [1.165, 1.54) is 18.3 Å². The molecule has 1 aromatic carbocycles. The second-order valence-corrected chi connectivity index (χ2v) is 4.67. The molecule has 3 rings (SSSR count). The van der Waals surface area contributed by atoms with Crippen LogP contribution >= 0.6 is 0 Å². The van der Waals surface area contributed by atoms with E-state index in [0.717, 1.165) is 0 Å². The summed E-state index contributed by atoms with van der Waals surface area (Å²) in [6.45, 7) is 0. The van der Waals surface area contributed by atoms with Crippen LogP contribution in [0.4, 0.5) is 5.69 Å². The third kappa shape index (κ3) is 2.21. The van der Waals surface area contributed by atoms with Gasteiger partial charge in [0.15, 0.2) is 0 Å². The van der Waals surface area contributed by atoms with Gasteiger partial charge in [-0.05, 0) is 36.4 Å². The second kappa shape index (κ2) is 5.14. The predicted molar refractivity (Wildman–Crippen MR) is 78.6 cm³/mol. The normalized spacial score (nSPS) is 10.3. The summed E-state index contributed by atoms with van der Waals surface area (Å²) >= 11 is 0. The van der Waals surface area contributed by atoms with Crippen molar-refractivity contribution in [3.8, 4) is 6.07 Å². The lowest BCUT2D eigenvalue weighted by Crippen LogP contribution is -2.05. The first-order chi connectivity index (χ1) is 10.6. The van der Waals surface area contributed by atoms with Crippen LogP contribution in [0, 0.1) is 21.4 Å². The number of aromatic nitrogens is 1. The Hall–Kier alpha value is -3.46. The minimum atomic E-state index is -0.477. The van der Waals surface area contributed by atoms with Crippen molar-refractivity contribution in [1.82, 2.24) is 4.40 Å². The lowest BCUT2D eigenvalue weighted by Gasteiger charge is -2.03. The van der Waals surface area contributed by atoms with Gasteiger partial charge in [0.25, 0.3) is 5.69 Å². The molecular formula is C16H9N3O3. The van der Waals surface area contributed by atoms with Crippen LogP contribution < -0.4 is 0 Å². The van der Waals surface area contributed by atoms with E-state index in [4.69, 9.17) is 5.26 Å². The number of rotatable bonds is 3. The summed E-state index contributed by atoms with van der Waals surface area (Å²) in [5, 5.41) is 19.5. The van der Waals surface area contributed by atoms with Gasteiger partial charge in [-0.2, -0.15) is 5.26 Å². The summed E-state index contributed by atoms with van der Waals surface area (Å²) in [7, 11) is 0. The van der Waals surface area contributed by atoms with E-state index >= 15 is 0 Å². The molecule has 0 fully saturated rings. The first-order valence-corrected chi connectivity index (χ1v) is 6.40. The minimum absolute atomic E-state index is 0.0250. The molecule has 0 aliphatic heterocycles. The standard InChI is InChI=1S/C16H9N3O3/c17-10-11-1-3-12(4-2-11)16(20)15-6-5-13-9-14(19(21)22)7-8-18(13)15/h1-9H. The SMILES string of the molecule is N#Cc1ccc(C(=O)c2ccc3cc([N+](=O)[O-])ccn23)cc1. The molecule has 0 saturated carbocycles. The van der Waals surface area contributed by atoms with Crippen LogP contribution in [0.1, 0.15) is 21.6 Å². The number of carbonyl (C=O) groups is 1. The number of fused-ring (bicyclic) bond motifs is 1. The molecule has 22 heavy (non-hydrogen) atoms. The van der Waals surface area contributed by atoms with Crippen molar-refractivity contribution in [1.29, 1.82) is 5.26 Å². The van der Waals surface area contributed by atoms with Crippen molar-refractivity contribution in [2.75, 3.05) is 0 Å². The summed E-state index contributed by atoms with van der Waals surface area (Å²) < 4.78 is 1.60. The molecule has 0 spiro atoms. The molecule has 0 N–H and O–H groups in total. The Morgan fingerprint density at radius 3 is 2.50 bits per heavy atom. The van der Waals surface area contributed by atoms with Gasteiger partial charge in [-0.1, -0.05) is 0 Å². The van der Waals surface area contributed by atoms with Crippen LogP contribution in [0.25, 0.3) is 5.52 Å². The highest BCUT2D eigenvalue weighted by molar-refractivity contribution is 6.08. The monoisotopic (exact) mass is 291 g/mol. The van der Waals surface area contributed by atoms with Gasteiger partial charge in [0.1, 0.15) is 0 Å². The van der Waals surface area contributed by atoms with Gasteiger partial charge in [0, 0.05) is 23.9 Å². The zero-order chi connectivity index (χ0) is 15.7. The summed E-state index contributed by atoms with van der Waals surface area (Å²) in [6.07, 6.45) is 1.50. The smallest absolute Gasteiger partial charge is 0.272 e. The van der Waals surface area contributed by atoms with Crippen LogP contribution in [0.15, 0.2) is 54.7 Å². The highest BCUT2D eigenvalue weighted by Crippen LogP contribution is 2.19. The number of ketones is 1. The maximum atomic E-state index is 12.5. The molecule has 3 aromatic rings. The fourth-order valence-electron chi connectivity index (χ4n) is 2.24. The first kappa shape index (κ1) is 13.5. The van der Waals surface area contributed by atoms with Crippen molar-refractivity contribution < 1.29 is 9.72 Å². The summed E-state index contributed by atoms with van der Waals surface area (Å²) in [6, 6.07) is 14.4. The van der Waals surface area contributed by atoms with E-state index < -0.39 is 4.92 Å². The zero-order valence-electron chi connectivity index (χ0n) is 11.3. The summed E-state index contributed by atoms with van der Waals surface area (Å²) in [5.74, 6) is -0.210. The summed E-state index contributed by atoms with van der Waals surface area (Å²) in [5.41, 5.74) is 1.90. The highest BCUT2D eigenvalue weighted by Gasteiger charge is 2.15. The lowest BCUT2D eigenvalue weighted by molar-refractivity contribution is -0.384. The van der Waals surface area contributed by atoms with Gasteiger partial charge in [-0.15, -0.1) is 0 Å². The summed E-state index contributed by atoms with van der Waals surface area (Å²) in [4.78, 5) is 22.8. The fourth-order valence-corrected chi connectivity index (χ4v) is 2.24. The third-order valence-electron chi connectivity index (χ3n) is 3.36. The number of carbonyl (C=O) groups excluding carboxylic acids is 1. The van der Waals surface area contributed by atoms with Crippen molar-refractivity contribution in [3.63, 3.8) is 0 Å². The molecular weight excluding hydrogens is 282 g/mol. The van der Waals surface area contributed by atoms with Crippen LogP contribution in [0.5, 0.6) is 0 Å². The van der Waals surface area contributed by atoms with Gasteiger partial charge < -0.3 is 4.40 Å². The Labute approximate surface area is 125 Å². The topological polar surface area (TPSA) is 88.4 Å². The molecule has 0 aliphatic rings. The number of hydrogen-bond acceptors (Lipinski definition) is 4. The largest absolute Gasteiger partial charge is 0.313 e. The number of benzene rings is 1. The Kier molecular flexibility index (Phi) is 3.16. The molecule has 0 unspecified atom stereocenters.